The summed E-state index contributed by atoms with van der Waals surface area (Å²) in [5.74, 6) is 2.28. The van der Waals surface area contributed by atoms with Gasteiger partial charge in [-0.15, -0.1) is 0 Å². The van der Waals surface area contributed by atoms with E-state index in [1.807, 2.05) is 25.1 Å². The Morgan fingerprint density at radius 1 is 1.35 bits per heavy atom. The largest absolute Gasteiger partial charge is 0.463 e. The Labute approximate surface area is 135 Å². The smallest absolute Gasteiger partial charge is 0.320 e. The van der Waals surface area contributed by atoms with Gasteiger partial charge in [0.05, 0.1) is 6.54 Å². The number of pyridine rings is 1. The first kappa shape index (κ1) is 16.8. The lowest BCUT2D eigenvalue weighted by molar-refractivity contribution is 0.0364. The summed E-state index contributed by atoms with van der Waals surface area (Å²) >= 11 is 0. The zero-order chi connectivity index (χ0) is 17.0. The third-order valence-electron chi connectivity index (χ3n) is 3.30. The predicted octanol–water partition coefficient (Wildman–Crippen LogP) is 2.08. The second kappa shape index (κ2) is 6.70. The fourth-order valence-electron chi connectivity index (χ4n) is 1.97. The number of anilines is 2. The van der Waals surface area contributed by atoms with Crippen molar-refractivity contribution >= 4 is 17.7 Å². The first-order chi connectivity index (χ1) is 10.8. The van der Waals surface area contributed by atoms with E-state index in [-0.39, 0.29) is 6.54 Å². The molecule has 0 aliphatic heterocycles. The fourth-order valence-corrected chi connectivity index (χ4v) is 1.97. The Hall–Kier alpha value is -2.54. The molecule has 1 unspecified atom stereocenters. The van der Waals surface area contributed by atoms with Gasteiger partial charge in [-0.25, -0.2) is 9.78 Å². The molecule has 0 radical (unpaired) electrons. The van der Waals surface area contributed by atoms with E-state index < -0.39 is 11.6 Å². The van der Waals surface area contributed by atoms with Crippen LogP contribution in [0.15, 0.2) is 34.7 Å². The number of nitrogens with one attached hydrogen (secondary N) is 2. The molecule has 2 heterocycles. The van der Waals surface area contributed by atoms with Crippen molar-refractivity contribution in [2.45, 2.75) is 19.4 Å². The summed E-state index contributed by atoms with van der Waals surface area (Å²) in [6.07, 6.45) is 0. The average molecular weight is 318 g/mol. The maximum Gasteiger partial charge on any atom is 0.320 e. The second-order valence-corrected chi connectivity index (χ2v) is 5.77. The standard InChI is InChI=1S/C16H22N4O3/c1-11-8-9-12(23-11)16(2,22)10-17-15(21)19-13-6-5-7-14(18-13)20(3)4/h5-9,22H,10H2,1-4H3,(H2,17,18,19,21). The molecule has 0 aliphatic rings. The Morgan fingerprint density at radius 2 is 2.09 bits per heavy atom. The van der Waals surface area contributed by atoms with Crippen molar-refractivity contribution < 1.29 is 14.3 Å². The molecular formula is C16H22N4O3. The van der Waals surface area contributed by atoms with Crippen LogP contribution in [0.1, 0.15) is 18.4 Å². The third-order valence-corrected chi connectivity index (χ3v) is 3.30. The number of aryl methyl sites for hydroxylation is 1. The monoisotopic (exact) mass is 318 g/mol. The molecule has 2 rings (SSSR count). The van der Waals surface area contributed by atoms with E-state index in [0.717, 1.165) is 5.82 Å². The first-order valence-electron chi connectivity index (χ1n) is 7.26. The molecule has 0 bridgehead atoms. The molecule has 0 saturated heterocycles. The van der Waals surface area contributed by atoms with E-state index in [0.29, 0.717) is 17.3 Å². The highest BCUT2D eigenvalue weighted by molar-refractivity contribution is 5.88. The molecule has 7 heteroatoms. The van der Waals surface area contributed by atoms with E-state index in [1.54, 1.807) is 38.1 Å². The molecule has 23 heavy (non-hydrogen) atoms. The molecule has 2 aromatic rings. The van der Waals surface area contributed by atoms with Crippen molar-refractivity contribution in [2.24, 2.45) is 0 Å². The summed E-state index contributed by atoms with van der Waals surface area (Å²) in [6, 6.07) is 8.35. The fraction of sp³-hybridized carbons (Fsp3) is 0.375. The molecule has 0 spiro atoms. The van der Waals surface area contributed by atoms with E-state index in [9.17, 15) is 9.90 Å². The highest BCUT2D eigenvalue weighted by Crippen LogP contribution is 2.22. The maximum atomic E-state index is 12.0. The van der Waals surface area contributed by atoms with Crippen LogP contribution in [0.5, 0.6) is 0 Å². The van der Waals surface area contributed by atoms with Gasteiger partial charge in [0, 0.05) is 14.1 Å². The van der Waals surface area contributed by atoms with Crippen LogP contribution in [0.3, 0.4) is 0 Å². The van der Waals surface area contributed by atoms with Crippen LogP contribution < -0.4 is 15.5 Å². The van der Waals surface area contributed by atoms with Crippen LogP contribution in [-0.2, 0) is 5.60 Å². The number of nitrogens with zero attached hydrogens (tertiary/aromatic N) is 2. The van der Waals surface area contributed by atoms with Crippen molar-refractivity contribution in [3.63, 3.8) is 0 Å². The second-order valence-electron chi connectivity index (χ2n) is 5.77. The zero-order valence-corrected chi connectivity index (χ0v) is 13.8. The highest BCUT2D eigenvalue weighted by atomic mass is 16.4. The lowest BCUT2D eigenvalue weighted by Crippen LogP contribution is -2.40. The topological polar surface area (TPSA) is 90.6 Å². The van der Waals surface area contributed by atoms with Crippen molar-refractivity contribution in [1.29, 1.82) is 0 Å². The van der Waals surface area contributed by atoms with Crippen LogP contribution in [-0.4, -0.2) is 36.8 Å². The van der Waals surface area contributed by atoms with E-state index in [1.165, 1.54) is 0 Å². The molecule has 0 aromatic carbocycles. The number of aliphatic hydroxyl groups is 1. The van der Waals surface area contributed by atoms with E-state index in [4.69, 9.17) is 4.42 Å². The van der Waals surface area contributed by atoms with Crippen LogP contribution in [0, 0.1) is 6.92 Å². The van der Waals surface area contributed by atoms with Crippen molar-refractivity contribution in [1.82, 2.24) is 10.3 Å². The molecule has 2 amide bonds. The van der Waals surface area contributed by atoms with Gasteiger partial charge in [0.25, 0.3) is 0 Å². The number of aromatic nitrogens is 1. The summed E-state index contributed by atoms with van der Waals surface area (Å²) in [7, 11) is 3.74. The van der Waals surface area contributed by atoms with Gasteiger partial charge in [0.15, 0.2) is 0 Å². The minimum atomic E-state index is -1.29. The van der Waals surface area contributed by atoms with Gasteiger partial charge in [0.2, 0.25) is 0 Å². The molecule has 0 fully saturated rings. The Bertz CT molecular complexity index is 679. The van der Waals surface area contributed by atoms with Gasteiger partial charge in [-0.3, -0.25) is 5.32 Å². The number of carbonyl (C=O) groups excluding carboxylic acids is 1. The van der Waals surface area contributed by atoms with Gasteiger partial charge in [0.1, 0.15) is 28.8 Å². The number of furan rings is 1. The van der Waals surface area contributed by atoms with E-state index >= 15 is 0 Å². The summed E-state index contributed by atoms with van der Waals surface area (Å²) in [6.45, 7) is 3.39. The third kappa shape index (κ3) is 4.46. The van der Waals surface area contributed by atoms with Crippen LogP contribution >= 0.6 is 0 Å². The number of rotatable bonds is 5. The number of amides is 2. The Morgan fingerprint density at radius 3 is 2.70 bits per heavy atom. The van der Waals surface area contributed by atoms with Crippen LogP contribution in [0.4, 0.5) is 16.4 Å². The molecular weight excluding hydrogens is 296 g/mol. The minimum absolute atomic E-state index is 0.0131. The quantitative estimate of drug-likeness (QED) is 0.785. The van der Waals surface area contributed by atoms with Gasteiger partial charge in [-0.2, -0.15) is 0 Å². The molecule has 1 atom stereocenters. The number of carbonyl (C=O) groups is 1. The number of hydrogen-bond donors (Lipinski definition) is 3. The molecule has 2 aromatic heterocycles. The zero-order valence-electron chi connectivity index (χ0n) is 13.8. The molecule has 124 valence electrons. The summed E-state index contributed by atoms with van der Waals surface area (Å²) < 4.78 is 5.40. The highest BCUT2D eigenvalue weighted by Gasteiger charge is 2.27. The van der Waals surface area contributed by atoms with Crippen molar-refractivity contribution in [3.8, 4) is 0 Å². The van der Waals surface area contributed by atoms with Gasteiger partial charge >= 0.3 is 6.03 Å². The molecule has 0 aliphatic carbocycles. The number of urea groups is 1. The normalized spacial score (nSPS) is 13.3. The van der Waals surface area contributed by atoms with Gasteiger partial charge in [-0.1, -0.05) is 6.07 Å². The van der Waals surface area contributed by atoms with Crippen LogP contribution in [0.25, 0.3) is 0 Å². The van der Waals surface area contributed by atoms with Crippen molar-refractivity contribution in [3.05, 3.63) is 41.9 Å². The molecule has 7 nitrogen and oxygen atoms in total. The predicted molar refractivity (Wildman–Crippen MR) is 88.6 cm³/mol. The summed E-state index contributed by atoms with van der Waals surface area (Å²) in [5, 5.41) is 15.6. The van der Waals surface area contributed by atoms with Crippen LogP contribution in [0.2, 0.25) is 0 Å². The van der Waals surface area contributed by atoms with Crippen molar-refractivity contribution in [2.75, 3.05) is 30.9 Å². The lowest BCUT2D eigenvalue weighted by atomic mass is 10.0. The summed E-state index contributed by atoms with van der Waals surface area (Å²) in [5.41, 5.74) is -1.29. The molecule has 3 N–H and O–H groups in total. The minimum Gasteiger partial charge on any atom is -0.463 e. The van der Waals surface area contributed by atoms with E-state index in [2.05, 4.69) is 15.6 Å². The molecule has 0 saturated carbocycles. The average Bonchev–Trinajstić information content (AvgIpc) is 2.93. The summed E-state index contributed by atoms with van der Waals surface area (Å²) in [4.78, 5) is 18.1. The first-order valence-corrected chi connectivity index (χ1v) is 7.26. The lowest BCUT2D eigenvalue weighted by Gasteiger charge is -2.21. The number of hydrogen-bond acceptors (Lipinski definition) is 5. The maximum absolute atomic E-state index is 12.0. The SMILES string of the molecule is Cc1ccc(C(C)(O)CNC(=O)Nc2cccc(N(C)C)n2)o1. The Balaban J connectivity index is 1.93. The van der Waals surface area contributed by atoms with Gasteiger partial charge < -0.3 is 19.7 Å². The van der Waals surface area contributed by atoms with Gasteiger partial charge in [-0.05, 0) is 38.1 Å². The Kier molecular flexibility index (Phi) is 4.90.